The lowest BCUT2D eigenvalue weighted by molar-refractivity contribution is 0.0664. The third-order valence-corrected chi connectivity index (χ3v) is 6.80. The third kappa shape index (κ3) is 6.00. The highest BCUT2D eigenvalue weighted by atomic mass is 32.2. The van der Waals surface area contributed by atoms with Crippen LogP contribution in [0.5, 0.6) is 0 Å². The van der Waals surface area contributed by atoms with Crippen LogP contribution in [0.2, 0.25) is 0 Å². The van der Waals surface area contributed by atoms with Crippen molar-refractivity contribution in [3.05, 3.63) is 35.4 Å². The van der Waals surface area contributed by atoms with Crippen molar-refractivity contribution in [3.8, 4) is 0 Å². The number of benzene rings is 1. The van der Waals surface area contributed by atoms with Gasteiger partial charge in [0.1, 0.15) is 0 Å². The van der Waals surface area contributed by atoms with E-state index in [-0.39, 0.29) is 24.2 Å². The van der Waals surface area contributed by atoms with Gasteiger partial charge >= 0.3 is 0 Å². The number of hydrogen-bond acceptors (Lipinski definition) is 7. The second-order valence-corrected chi connectivity index (χ2v) is 10.8. The second-order valence-electron chi connectivity index (χ2n) is 9.01. The lowest BCUT2D eigenvalue weighted by atomic mass is 9.84. The van der Waals surface area contributed by atoms with Gasteiger partial charge in [0.25, 0.3) is 0 Å². The van der Waals surface area contributed by atoms with Crippen LogP contribution in [0.4, 0.5) is 0 Å². The van der Waals surface area contributed by atoms with E-state index in [1.807, 2.05) is 7.05 Å². The van der Waals surface area contributed by atoms with E-state index < -0.39 is 10.0 Å². The Balaban J connectivity index is 1.80. The van der Waals surface area contributed by atoms with Gasteiger partial charge in [-0.2, -0.15) is 0 Å². The van der Waals surface area contributed by atoms with E-state index in [4.69, 9.17) is 0 Å². The van der Waals surface area contributed by atoms with E-state index in [2.05, 4.69) is 75.9 Å². The average molecular weight is 439 g/mol. The van der Waals surface area contributed by atoms with Gasteiger partial charge < -0.3 is 10.2 Å². The molecule has 30 heavy (non-hydrogen) atoms. The van der Waals surface area contributed by atoms with Gasteiger partial charge in [-0.3, -0.25) is 10.7 Å². The van der Waals surface area contributed by atoms with Crippen LogP contribution in [0, 0.1) is 5.92 Å². The zero-order valence-electron chi connectivity index (χ0n) is 18.9. The predicted octanol–water partition coefficient (Wildman–Crippen LogP) is 0.461. The molecular weight excluding hydrogens is 400 g/mol. The van der Waals surface area contributed by atoms with Crippen LogP contribution in [0.1, 0.15) is 37.4 Å². The monoisotopic (exact) mass is 438 g/mol. The zero-order valence-corrected chi connectivity index (χ0v) is 19.7. The summed E-state index contributed by atoms with van der Waals surface area (Å²) in [5.74, 6) is 0.189. The lowest BCUT2D eigenvalue weighted by Gasteiger charge is -2.42. The van der Waals surface area contributed by atoms with Gasteiger partial charge in [-0.25, -0.2) is 18.1 Å². The van der Waals surface area contributed by atoms with E-state index in [1.165, 1.54) is 17.4 Å². The Hall–Kier alpha value is -1.07. The van der Waals surface area contributed by atoms with E-state index in [0.29, 0.717) is 6.04 Å². The second kappa shape index (κ2) is 10.0. The van der Waals surface area contributed by atoms with Crippen molar-refractivity contribution in [2.45, 2.75) is 51.1 Å². The van der Waals surface area contributed by atoms with Crippen molar-refractivity contribution in [2.24, 2.45) is 5.92 Å². The Kier molecular flexibility index (Phi) is 7.89. The minimum Gasteiger partial charge on any atom is -0.318 e. The minimum absolute atomic E-state index is 0.0879. The molecule has 9 heteroatoms. The predicted molar refractivity (Wildman–Crippen MR) is 121 cm³/mol. The Morgan fingerprint density at radius 2 is 2.10 bits per heavy atom. The number of sulfonamides is 1. The topological polar surface area (TPSA) is 88.7 Å². The fourth-order valence-electron chi connectivity index (χ4n) is 4.64. The van der Waals surface area contributed by atoms with E-state index in [0.717, 1.165) is 32.6 Å². The van der Waals surface area contributed by atoms with Crippen LogP contribution in [-0.4, -0.2) is 76.6 Å². The number of piperidine rings is 1. The summed E-state index contributed by atoms with van der Waals surface area (Å²) in [4.78, 5) is 2.30. The molecule has 0 spiro atoms. The standard InChI is InChI=1S/C21H38N6O2S/c1-15(2)27-21-18(13-23-27)20(25-30(5,28)29)12-19(24-21)17-8-6-7-16(11-17)14-26(4)10-9-22-3/h6-8,11,15,18-25H,9-10,12-14H2,1-5H3. The molecule has 0 aliphatic carbocycles. The summed E-state index contributed by atoms with van der Waals surface area (Å²) in [5.41, 5.74) is 5.95. The van der Waals surface area contributed by atoms with Gasteiger partial charge in [0, 0.05) is 50.2 Å². The third-order valence-electron chi connectivity index (χ3n) is 6.06. The molecule has 2 heterocycles. The molecule has 8 nitrogen and oxygen atoms in total. The van der Waals surface area contributed by atoms with Gasteiger partial charge in [0.05, 0.1) is 12.4 Å². The van der Waals surface area contributed by atoms with Crippen LogP contribution in [-0.2, 0) is 16.6 Å². The quantitative estimate of drug-likeness (QED) is 0.445. The maximum Gasteiger partial charge on any atom is 0.208 e. The number of fused-ring (bicyclic) bond motifs is 1. The van der Waals surface area contributed by atoms with Crippen molar-refractivity contribution in [2.75, 3.05) is 40.0 Å². The molecule has 1 aromatic rings. The van der Waals surface area contributed by atoms with Gasteiger partial charge in [0.2, 0.25) is 10.0 Å². The van der Waals surface area contributed by atoms with Crippen LogP contribution in [0.3, 0.4) is 0 Å². The van der Waals surface area contributed by atoms with Crippen molar-refractivity contribution in [3.63, 3.8) is 0 Å². The molecule has 0 aromatic heterocycles. The van der Waals surface area contributed by atoms with E-state index in [9.17, 15) is 8.42 Å². The summed E-state index contributed by atoms with van der Waals surface area (Å²) < 4.78 is 27.0. The van der Waals surface area contributed by atoms with Crippen LogP contribution < -0.4 is 20.8 Å². The molecular formula is C21H38N6O2S. The molecule has 0 amide bonds. The molecule has 2 aliphatic rings. The number of nitrogens with zero attached hydrogens (tertiary/aromatic N) is 2. The van der Waals surface area contributed by atoms with E-state index in [1.54, 1.807) is 0 Å². The molecule has 4 atom stereocenters. The first-order chi connectivity index (χ1) is 14.2. The molecule has 4 unspecified atom stereocenters. The smallest absolute Gasteiger partial charge is 0.208 e. The van der Waals surface area contributed by atoms with Crippen molar-refractivity contribution >= 4 is 10.0 Å². The minimum atomic E-state index is -3.28. The highest BCUT2D eigenvalue weighted by molar-refractivity contribution is 7.88. The van der Waals surface area contributed by atoms with Crippen molar-refractivity contribution in [1.82, 2.24) is 30.7 Å². The summed E-state index contributed by atoms with van der Waals surface area (Å²) >= 11 is 0. The summed E-state index contributed by atoms with van der Waals surface area (Å²) in [6, 6.07) is 8.98. The largest absolute Gasteiger partial charge is 0.318 e. The zero-order chi connectivity index (χ0) is 21.9. The normalized spacial score (nSPS) is 27.7. The highest BCUT2D eigenvalue weighted by Crippen LogP contribution is 2.34. The molecule has 0 saturated carbocycles. The molecule has 4 N–H and O–H groups in total. The molecule has 2 fully saturated rings. The summed E-state index contributed by atoms with van der Waals surface area (Å²) in [5, 5.41) is 9.21. The summed E-state index contributed by atoms with van der Waals surface area (Å²) in [7, 11) is 0.822. The Labute approximate surface area is 181 Å². The first-order valence-corrected chi connectivity index (χ1v) is 12.7. The van der Waals surface area contributed by atoms with Crippen molar-refractivity contribution < 1.29 is 8.42 Å². The van der Waals surface area contributed by atoms with Crippen LogP contribution in [0.25, 0.3) is 0 Å². The number of rotatable bonds is 9. The van der Waals surface area contributed by atoms with Gasteiger partial charge in [-0.15, -0.1) is 0 Å². The molecule has 1 aromatic carbocycles. The Bertz CT molecular complexity index is 802. The van der Waals surface area contributed by atoms with Crippen molar-refractivity contribution in [1.29, 1.82) is 0 Å². The molecule has 0 bridgehead atoms. The first kappa shape index (κ1) is 23.6. The number of likely N-dealkylation sites (N-methyl/N-ethyl adjacent to an activating group) is 2. The fourth-order valence-corrected chi connectivity index (χ4v) is 5.47. The molecule has 3 rings (SSSR count). The number of hydrazine groups is 1. The first-order valence-electron chi connectivity index (χ1n) is 10.8. The van der Waals surface area contributed by atoms with Gasteiger partial charge in [-0.1, -0.05) is 24.3 Å². The highest BCUT2D eigenvalue weighted by Gasteiger charge is 2.46. The van der Waals surface area contributed by atoms with E-state index >= 15 is 0 Å². The van der Waals surface area contributed by atoms with Gasteiger partial charge in [0.15, 0.2) is 0 Å². The molecule has 170 valence electrons. The Morgan fingerprint density at radius 1 is 1.33 bits per heavy atom. The number of nitrogens with one attached hydrogen (secondary N) is 4. The molecule has 2 saturated heterocycles. The summed E-state index contributed by atoms with van der Waals surface area (Å²) in [6.45, 7) is 7.91. The summed E-state index contributed by atoms with van der Waals surface area (Å²) in [6.07, 6.45) is 2.08. The SMILES string of the molecule is CNCCN(C)Cc1cccc(C2CC(NS(C)(=O)=O)C3CNN(C(C)C)C3N2)c1. The van der Waals surface area contributed by atoms with Gasteiger partial charge in [-0.05, 0) is 45.5 Å². The lowest BCUT2D eigenvalue weighted by Crippen LogP contribution is -2.59. The maximum absolute atomic E-state index is 12.0. The molecule has 2 aliphatic heterocycles. The maximum atomic E-state index is 12.0. The average Bonchev–Trinajstić information content (AvgIpc) is 3.10. The van der Waals surface area contributed by atoms with Crippen LogP contribution >= 0.6 is 0 Å². The Morgan fingerprint density at radius 3 is 2.77 bits per heavy atom. The van der Waals surface area contributed by atoms with Crippen LogP contribution in [0.15, 0.2) is 24.3 Å². The number of hydrogen-bond donors (Lipinski definition) is 4. The fraction of sp³-hybridized carbons (Fsp3) is 0.714. The molecule has 0 radical (unpaired) electrons.